The van der Waals surface area contributed by atoms with Gasteiger partial charge in [-0.2, -0.15) is 0 Å². The highest BCUT2D eigenvalue weighted by atomic mass is 33.1. The van der Waals surface area contributed by atoms with Crippen LogP contribution in [-0.2, 0) is 0 Å². The van der Waals surface area contributed by atoms with E-state index in [4.69, 9.17) is 5.73 Å². The molecule has 0 fully saturated rings. The number of nitrogens with two attached hydrogens (primary N) is 1. The first-order chi connectivity index (χ1) is 5.12. The molecule has 68 valence electrons. The Morgan fingerprint density at radius 1 is 1.36 bits per heavy atom. The average molecular weight is 193 g/mol. The fourth-order valence-electron chi connectivity index (χ4n) is 0.893. The van der Waals surface area contributed by atoms with Crippen LogP contribution in [0.3, 0.4) is 0 Å². The van der Waals surface area contributed by atoms with E-state index in [1.807, 2.05) is 21.6 Å². The summed E-state index contributed by atoms with van der Waals surface area (Å²) in [7, 11) is 3.86. The van der Waals surface area contributed by atoms with E-state index in [0.29, 0.717) is 4.75 Å². The first-order valence-electron chi connectivity index (χ1n) is 4.13. The second kappa shape index (κ2) is 6.21. The predicted octanol–water partition coefficient (Wildman–Crippen LogP) is 2.91. The number of hydrogen-bond acceptors (Lipinski definition) is 3. The van der Waals surface area contributed by atoms with E-state index in [1.165, 1.54) is 12.8 Å². The monoisotopic (exact) mass is 193 g/mol. The summed E-state index contributed by atoms with van der Waals surface area (Å²) in [4.78, 5) is 0. The number of rotatable bonds is 6. The summed E-state index contributed by atoms with van der Waals surface area (Å²) in [5.41, 5.74) is 5.40. The van der Waals surface area contributed by atoms with Crippen molar-refractivity contribution in [3.05, 3.63) is 0 Å². The molecule has 0 aliphatic rings. The molecule has 0 amide bonds. The zero-order valence-corrected chi connectivity index (χ0v) is 9.36. The van der Waals surface area contributed by atoms with Crippen molar-refractivity contribution in [3.8, 4) is 0 Å². The molecule has 0 unspecified atom stereocenters. The highest BCUT2D eigenvalue weighted by Gasteiger charge is 2.16. The molecule has 0 radical (unpaired) electrons. The molecule has 0 spiro atoms. The van der Waals surface area contributed by atoms with Crippen LogP contribution in [0.2, 0.25) is 0 Å². The molecule has 0 aliphatic carbocycles. The first-order valence-corrected chi connectivity index (χ1v) is 6.45. The van der Waals surface area contributed by atoms with Crippen LogP contribution in [0.25, 0.3) is 0 Å². The highest BCUT2D eigenvalue weighted by molar-refractivity contribution is 8.77. The maximum Gasteiger partial charge on any atom is 0.0207 e. The number of hydrogen-bond donors (Lipinski definition) is 1. The van der Waals surface area contributed by atoms with Crippen molar-refractivity contribution in [1.29, 1.82) is 0 Å². The van der Waals surface area contributed by atoms with Gasteiger partial charge in [0.15, 0.2) is 0 Å². The van der Waals surface area contributed by atoms with Gasteiger partial charge in [0.25, 0.3) is 0 Å². The maximum atomic E-state index is 5.40. The summed E-state index contributed by atoms with van der Waals surface area (Å²) in [6, 6.07) is 0. The van der Waals surface area contributed by atoms with Gasteiger partial charge in [0, 0.05) is 17.0 Å². The van der Waals surface area contributed by atoms with Gasteiger partial charge in [0.1, 0.15) is 0 Å². The van der Waals surface area contributed by atoms with Crippen molar-refractivity contribution in [1.82, 2.24) is 0 Å². The second-order valence-electron chi connectivity index (χ2n) is 3.20. The van der Waals surface area contributed by atoms with Crippen molar-refractivity contribution in [3.63, 3.8) is 0 Å². The summed E-state index contributed by atoms with van der Waals surface area (Å²) in [5.74, 6) is 1.07. The SMILES string of the molecule is CCCC(C)(C)SSCCN. The van der Waals surface area contributed by atoms with E-state index in [9.17, 15) is 0 Å². The van der Waals surface area contributed by atoms with Gasteiger partial charge >= 0.3 is 0 Å². The van der Waals surface area contributed by atoms with Crippen molar-refractivity contribution in [2.75, 3.05) is 12.3 Å². The van der Waals surface area contributed by atoms with Crippen LogP contribution in [0.4, 0.5) is 0 Å². The van der Waals surface area contributed by atoms with Gasteiger partial charge < -0.3 is 5.73 Å². The molecular weight excluding hydrogens is 174 g/mol. The Morgan fingerprint density at radius 2 is 2.00 bits per heavy atom. The van der Waals surface area contributed by atoms with Crippen LogP contribution in [0.15, 0.2) is 0 Å². The Hall–Kier alpha value is 0.660. The van der Waals surface area contributed by atoms with Crippen molar-refractivity contribution < 1.29 is 0 Å². The molecule has 0 atom stereocenters. The van der Waals surface area contributed by atoms with E-state index >= 15 is 0 Å². The molecule has 0 aromatic carbocycles. The summed E-state index contributed by atoms with van der Waals surface area (Å²) < 4.78 is 0.425. The Balaban J connectivity index is 3.38. The predicted molar refractivity (Wildman–Crippen MR) is 58.1 cm³/mol. The molecular formula is C8H19NS2. The molecule has 0 saturated heterocycles. The van der Waals surface area contributed by atoms with Crippen LogP contribution >= 0.6 is 21.6 Å². The molecule has 0 aromatic rings. The van der Waals surface area contributed by atoms with E-state index in [1.54, 1.807) is 0 Å². The molecule has 2 N–H and O–H groups in total. The van der Waals surface area contributed by atoms with Gasteiger partial charge in [-0.25, -0.2) is 0 Å². The maximum absolute atomic E-state index is 5.40. The van der Waals surface area contributed by atoms with Crippen LogP contribution in [0, 0.1) is 0 Å². The lowest BCUT2D eigenvalue weighted by Crippen LogP contribution is -2.12. The summed E-state index contributed by atoms with van der Waals surface area (Å²) in [5, 5.41) is 0. The average Bonchev–Trinajstić information content (AvgIpc) is 1.87. The molecule has 0 aliphatic heterocycles. The Morgan fingerprint density at radius 3 is 2.45 bits per heavy atom. The molecule has 0 aromatic heterocycles. The Labute approximate surface area is 78.3 Å². The summed E-state index contributed by atoms with van der Waals surface area (Å²) >= 11 is 0. The largest absolute Gasteiger partial charge is 0.330 e. The summed E-state index contributed by atoms with van der Waals surface area (Å²) in [6.07, 6.45) is 2.55. The molecule has 11 heavy (non-hydrogen) atoms. The van der Waals surface area contributed by atoms with E-state index in [-0.39, 0.29) is 0 Å². The first kappa shape index (κ1) is 11.7. The van der Waals surface area contributed by atoms with Crippen LogP contribution in [-0.4, -0.2) is 17.0 Å². The Bertz CT molecular complexity index is 94.1. The zero-order valence-electron chi connectivity index (χ0n) is 7.72. The second-order valence-corrected chi connectivity index (χ2v) is 6.33. The van der Waals surface area contributed by atoms with E-state index in [0.717, 1.165) is 12.3 Å². The van der Waals surface area contributed by atoms with Gasteiger partial charge in [-0.1, -0.05) is 34.9 Å². The van der Waals surface area contributed by atoms with Crippen LogP contribution in [0.5, 0.6) is 0 Å². The Kier molecular flexibility index (Phi) is 6.58. The van der Waals surface area contributed by atoms with Gasteiger partial charge in [0.05, 0.1) is 0 Å². The highest BCUT2D eigenvalue weighted by Crippen LogP contribution is 2.38. The van der Waals surface area contributed by atoms with Crippen molar-refractivity contribution in [2.24, 2.45) is 5.73 Å². The minimum Gasteiger partial charge on any atom is -0.330 e. The molecule has 0 saturated carbocycles. The third kappa shape index (κ3) is 7.04. The van der Waals surface area contributed by atoms with Crippen LogP contribution in [0.1, 0.15) is 33.6 Å². The molecule has 0 heterocycles. The van der Waals surface area contributed by atoms with Gasteiger partial charge in [0.2, 0.25) is 0 Å². The van der Waals surface area contributed by atoms with Crippen molar-refractivity contribution in [2.45, 2.75) is 38.4 Å². The van der Waals surface area contributed by atoms with E-state index in [2.05, 4.69) is 20.8 Å². The van der Waals surface area contributed by atoms with Crippen LogP contribution < -0.4 is 5.73 Å². The summed E-state index contributed by atoms with van der Waals surface area (Å²) in [6.45, 7) is 7.62. The molecule has 0 rings (SSSR count). The lowest BCUT2D eigenvalue weighted by Gasteiger charge is -2.21. The van der Waals surface area contributed by atoms with Gasteiger partial charge in [-0.3, -0.25) is 0 Å². The molecule has 1 nitrogen and oxygen atoms in total. The van der Waals surface area contributed by atoms with Gasteiger partial charge in [-0.15, -0.1) is 0 Å². The third-order valence-electron chi connectivity index (χ3n) is 1.34. The quantitative estimate of drug-likeness (QED) is 0.519. The normalized spacial score (nSPS) is 12.0. The fourth-order valence-corrected chi connectivity index (χ4v) is 3.42. The molecule has 3 heteroatoms. The third-order valence-corrected chi connectivity index (χ3v) is 4.72. The van der Waals surface area contributed by atoms with Crippen molar-refractivity contribution >= 4 is 21.6 Å². The lowest BCUT2D eigenvalue weighted by atomic mass is 10.1. The minimum atomic E-state index is 0.425. The lowest BCUT2D eigenvalue weighted by molar-refractivity contribution is 0.631. The smallest absolute Gasteiger partial charge is 0.0207 e. The van der Waals surface area contributed by atoms with E-state index < -0.39 is 0 Å². The minimum absolute atomic E-state index is 0.425. The van der Waals surface area contributed by atoms with Gasteiger partial charge in [-0.05, 0) is 20.3 Å². The standard InChI is InChI=1S/C8H19NS2/c1-4-5-8(2,3)11-10-7-6-9/h4-7,9H2,1-3H3. The molecule has 0 bridgehead atoms. The fraction of sp³-hybridized carbons (Fsp3) is 1.00. The topological polar surface area (TPSA) is 26.0 Å². The zero-order chi connectivity index (χ0) is 8.74.